The summed E-state index contributed by atoms with van der Waals surface area (Å²) in [6.45, 7) is 2.39. The van der Waals surface area contributed by atoms with Crippen molar-refractivity contribution in [1.82, 2.24) is 15.0 Å². The van der Waals surface area contributed by atoms with Gasteiger partial charge >= 0.3 is 0 Å². The molecule has 0 spiro atoms. The van der Waals surface area contributed by atoms with Crippen molar-refractivity contribution in [3.8, 4) is 34.3 Å². The summed E-state index contributed by atoms with van der Waals surface area (Å²) in [7, 11) is 0. The van der Waals surface area contributed by atoms with E-state index in [2.05, 4.69) is 10.3 Å². The molecule has 0 aliphatic rings. The second kappa shape index (κ2) is 6.40. The van der Waals surface area contributed by atoms with Gasteiger partial charge in [-0.15, -0.1) is 0 Å². The lowest BCUT2D eigenvalue weighted by molar-refractivity contribution is 0.339. The highest BCUT2D eigenvalue weighted by molar-refractivity contribution is 5.97. The summed E-state index contributed by atoms with van der Waals surface area (Å²) < 4.78 is 6.94. The molecule has 0 aliphatic carbocycles. The summed E-state index contributed by atoms with van der Waals surface area (Å²) in [6, 6.07) is 18.5. The van der Waals surface area contributed by atoms with Crippen LogP contribution in [0.4, 0.5) is 0 Å². The number of benzene rings is 3. The molecule has 26 heavy (non-hydrogen) atoms. The summed E-state index contributed by atoms with van der Waals surface area (Å²) in [4.78, 5) is 0. The van der Waals surface area contributed by atoms with Crippen LogP contribution in [0.15, 0.2) is 60.7 Å². The van der Waals surface area contributed by atoms with Crippen LogP contribution in [0.25, 0.3) is 27.7 Å². The molecule has 4 aromatic rings. The van der Waals surface area contributed by atoms with E-state index in [4.69, 9.17) is 4.74 Å². The highest BCUT2D eigenvalue weighted by Gasteiger charge is 2.20. The van der Waals surface area contributed by atoms with E-state index in [0.29, 0.717) is 23.7 Å². The van der Waals surface area contributed by atoms with E-state index in [9.17, 15) is 10.2 Å². The maximum absolute atomic E-state index is 10.4. The van der Waals surface area contributed by atoms with Gasteiger partial charge in [0.1, 0.15) is 22.9 Å². The van der Waals surface area contributed by atoms with Crippen molar-refractivity contribution in [2.75, 3.05) is 6.61 Å². The van der Waals surface area contributed by atoms with Gasteiger partial charge < -0.3 is 14.9 Å². The average Bonchev–Trinajstić information content (AvgIpc) is 3.04. The minimum Gasteiger partial charge on any atom is -0.506 e. The van der Waals surface area contributed by atoms with Crippen molar-refractivity contribution in [3.05, 3.63) is 60.7 Å². The Balaban J connectivity index is 1.96. The molecule has 130 valence electrons. The van der Waals surface area contributed by atoms with Crippen molar-refractivity contribution >= 4 is 10.8 Å². The summed E-state index contributed by atoms with van der Waals surface area (Å²) in [5, 5.41) is 30.5. The topological polar surface area (TPSA) is 80.4 Å². The minimum atomic E-state index is -0.206. The van der Waals surface area contributed by atoms with Gasteiger partial charge in [-0.2, -0.15) is 0 Å². The fourth-order valence-corrected chi connectivity index (χ4v) is 3.04. The lowest BCUT2D eigenvalue weighted by Crippen LogP contribution is -2.01. The van der Waals surface area contributed by atoms with Crippen LogP contribution >= 0.6 is 0 Å². The Morgan fingerprint density at radius 1 is 1.00 bits per heavy atom. The van der Waals surface area contributed by atoms with Gasteiger partial charge in [0.2, 0.25) is 0 Å². The van der Waals surface area contributed by atoms with Crippen LogP contribution in [0.1, 0.15) is 6.92 Å². The zero-order chi connectivity index (χ0) is 18.1. The van der Waals surface area contributed by atoms with E-state index >= 15 is 0 Å². The zero-order valence-electron chi connectivity index (χ0n) is 14.1. The number of aromatic hydroxyl groups is 2. The lowest BCUT2D eigenvalue weighted by atomic mass is 10.0. The predicted molar refractivity (Wildman–Crippen MR) is 98.8 cm³/mol. The molecule has 6 nitrogen and oxygen atoms in total. The SMILES string of the molecule is CCOc1ccc(O)c(-n2nnc(O)c2-c2cccc3ccccc23)c1. The molecular weight excluding hydrogens is 330 g/mol. The van der Waals surface area contributed by atoms with Crippen molar-refractivity contribution in [3.63, 3.8) is 0 Å². The first-order chi connectivity index (χ1) is 12.7. The summed E-state index contributed by atoms with van der Waals surface area (Å²) >= 11 is 0. The highest BCUT2D eigenvalue weighted by Crippen LogP contribution is 2.37. The lowest BCUT2D eigenvalue weighted by Gasteiger charge is -2.12. The number of phenols is 1. The average molecular weight is 347 g/mol. The predicted octanol–water partition coefficient (Wildman–Crippen LogP) is 3.90. The number of rotatable bonds is 4. The fraction of sp³-hybridized carbons (Fsp3) is 0.100. The third-order valence-electron chi connectivity index (χ3n) is 4.18. The molecule has 1 aromatic heterocycles. The smallest absolute Gasteiger partial charge is 0.259 e. The van der Waals surface area contributed by atoms with Crippen molar-refractivity contribution in [2.45, 2.75) is 6.92 Å². The first-order valence-electron chi connectivity index (χ1n) is 8.28. The molecule has 0 saturated carbocycles. The number of ether oxygens (including phenoxy) is 1. The first-order valence-corrected chi connectivity index (χ1v) is 8.28. The van der Waals surface area contributed by atoms with Gasteiger partial charge in [-0.3, -0.25) is 0 Å². The summed E-state index contributed by atoms with van der Waals surface area (Å²) in [5.41, 5.74) is 1.56. The van der Waals surface area contributed by atoms with E-state index < -0.39 is 0 Å². The molecular formula is C20H17N3O3. The Bertz CT molecular complexity index is 1080. The Kier molecular flexibility index (Phi) is 3.93. The van der Waals surface area contributed by atoms with Crippen LogP contribution < -0.4 is 4.74 Å². The highest BCUT2D eigenvalue weighted by atomic mass is 16.5. The molecule has 0 aliphatic heterocycles. The van der Waals surface area contributed by atoms with E-state index in [1.54, 1.807) is 12.1 Å². The molecule has 0 saturated heterocycles. The standard InChI is InChI=1S/C20H17N3O3/c1-2-26-14-10-11-18(24)17(12-14)23-19(20(25)21-22-23)16-9-5-7-13-6-3-4-8-15(13)16/h3-12,24-25H,2H2,1H3. The van der Waals surface area contributed by atoms with Crippen molar-refractivity contribution < 1.29 is 14.9 Å². The molecule has 0 atom stereocenters. The van der Waals surface area contributed by atoms with Gasteiger partial charge in [-0.1, -0.05) is 52.8 Å². The molecule has 0 fully saturated rings. The Morgan fingerprint density at radius 2 is 1.81 bits per heavy atom. The van der Waals surface area contributed by atoms with Crippen LogP contribution in [0.2, 0.25) is 0 Å². The summed E-state index contributed by atoms with van der Waals surface area (Å²) in [5.74, 6) is 0.404. The molecule has 0 amide bonds. The molecule has 4 rings (SSSR count). The Labute approximate surface area is 149 Å². The van der Waals surface area contributed by atoms with Crippen molar-refractivity contribution in [2.24, 2.45) is 0 Å². The first kappa shape index (κ1) is 16.0. The third kappa shape index (κ3) is 2.61. The maximum atomic E-state index is 10.4. The van der Waals surface area contributed by atoms with Gasteiger partial charge in [0.05, 0.1) is 6.61 Å². The number of fused-ring (bicyclic) bond motifs is 1. The quantitative estimate of drug-likeness (QED) is 0.585. The van der Waals surface area contributed by atoms with Crippen LogP contribution in [0, 0.1) is 0 Å². The van der Waals surface area contributed by atoms with Crippen LogP contribution in [0.3, 0.4) is 0 Å². The summed E-state index contributed by atoms with van der Waals surface area (Å²) in [6.07, 6.45) is 0. The van der Waals surface area contributed by atoms with Gasteiger partial charge in [0, 0.05) is 11.6 Å². The zero-order valence-corrected chi connectivity index (χ0v) is 14.1. The minimum absolute atomic E-state index is 0.0137. The fourth-order valence-electron chi connectivity index (χ4n) is 3.04. The molecule has 0 unspecified atom stereocenters. The van der Waals surface area contributed by atoms with E-state index in [-0.39, 0.29) is 11.6 Å². The van der Waals surface area contributed by atoms with Crippen molar-refractivity contribution in [1.29, 1.82) is 0 Å². The third-order valence-corrected chi connectivity index (χ3v) is 4.18. The molecule has 0 bridgehead atoms. The van der Waals surface area contributed by atoms with Crippen LogP contribution in [-0.4, -0.2) is 31.8 Å². The van der Waals surface area contributed by atoms with Gasteiger partial charge in [-0.05, 0) is 29.8 Å². The number of hydrogen-bond acceptors (Lipinski definition) is 5. The number of aromatic nitrogens is 3. The van der Waals surface area contributed by atoms with Crippen LogP contribution in [0.5, 0.6) is 17.4 Å². The number of hydrogen-bond donors (Lipinski definition) is 2. The molecule has 2 N–H and O–H groups in total. The van der Waals surface area contributed by atoms with E-state index in [0.717, 1.165) is 16.3 Å². The van der Waals surface area contributed by atoms with Gasteiger partial charge in [0.25, 0.3) is 5.88 Å². The molecule has 6 heteroatoms. The Hall–Kier alpha value is -3.54. The Morgan fingerprint density at radius 3 is 2.65 bits per heavy atom. The van der Waals surface area contributed by atoms with Crippen LogP contribution in [-0.2, 0) is 0 Å². The molecule has 3 aromatic carbocycles. The molecule has 0 radical (unpaired) electrons. The maximum Gasteiger partial charge on any atom is 0.259 e. The monoisotopic (exact) mass is 347 g/mol. The normalized spacial score (nSPS) is 11.0. The van der Waals surface area contributed by atoms with Gasteiger partial charge in [-0.25, -0.2) is 4.68 Å². The van der Waals surface area contributed by atoms with E-state index in [1.807, 2.05) is 49.4 Å². The van der Waals surface area contributed by atoms with Gasteiger partial charge in [0.15, 0.2) is 0 Å². The largest absolute Gasteiger partial charge is 0.506 e. The number of nitrogens with zero attached hydrogens (tertiary/aromatic N) is 3. The second-order valence-corrected chi connectivity index (χ2v) is 5.78. The van der Waals surface area contributed by atoms with E-state index in [1.165, 1.54) is 10.7 Å². The second-order valence-electron chi connectivity index (χ2n) is 5.78. The number of phenolic OH excluding ortho intramolecular Hbond substituents is 1. The molecule has 1 heterocycles.